The van der Waals surface area contributed by atoms with E-state index in [-0.39, 0.29) is 25.7 Å². The number of phosphoric ester groups is 2. The van der Waals surface area contributed by atoms with Gasteiger partial charge in [-0.25, -0.2) is 9.13 Å². The first kappa shape index (κ1) is 101. The molecule has 0 aromatic heterocycles. The van der Waals surface area contributed by atoms with Crippen LogP contribution in [0.4, 0.5) is 0 Å². The number of aliphatic hydroxyl groups is 1. The third-order valence-electron chi connectivity index (χ3n) is 19.6. The molecule has 0 rings (SSSR count). The average Bonchev–Trinajstić information content (AvgIpc) is 0.926. The molecule has 0 aliphatic heterocycles. The molecule has 0 amide bonds. The van der Waals surface area contributed by atoms with Crippen LogP contribution in [0.5, 0.6) is 0 Å². The number of phosphoric acid groups is 2. The van der Waals surface area contributed by atoms with E-state index < -0.39 is 97.5 Å². The molecule has 3 N–H and O–H groups in total. The van der Waals surface area contributed by atoms with Crippen molar-refractivity contribution in [2.45, 2.75) is 458 Å². The fraction of sp³-hybridized carbons (Fsp3) is 0.952. The maximum atomic E-state index is 13.1. The summed E-state index contributed by atoms with van der Waals surface area (Å²) in [5, 5.41) is 10.7. The number of hydrogen-bond donors (Lipinski definition) is 3. The Hall–Kier alpha value is -1.94. The van der Waals surface area contributed by atoms with Crippen molar-refractivity contribution in [2.24, 2.45) is 17.8 Å². The number of hydrogen-bond acceptors (Lipinski definition) is 15. The number of carbonyl (C=O) groups excluding carboxylic acids is 4. The molecule has 0 spiro atoms. The lowest BCUT2D eigenvalue weighted by Gasteiger charge is -2.21. The molecule has 2 unspecified atom stereocenters. The smallest absolute Gasteiger partial charge is 0.462 e. The van der Waals surface area contributed by atoms with Crippen molar-refractivity contribution in [1.82, 2.24) is 0 Å². The molecular formula is C84H164O17P2. The first-order chi connectivity index (χ1) is 49.7. The van der Waals surface area contributed by atoms with Crippen molar-refractivity contribution in [3.63, 3.8) is 0 Å². The van der Waals surface area contributed by atoms with Gasteiger partial charge >= 0.3 is 39.5 Å². The van der Waals surface area contributed by atoms with Crippen LogP contribution in [0.25, 0.3) is 0 Å². The molecule has 0 saturated carbocycles. The van der Waals surface area contributed by atoms with Crippen molar-refractivity contribution in [3.8, 4) is 0 Å². The lowest BCUT2D eigenvalue weighted by atomic mass is 10.0. The molecule has 0 aliphatic carbocycles. The van der Waals surface area contributed by atoms with E-state index in [0.29, 0.717) is 31.6 Å². The Morgan fingerprint density at radius 3 is 0.660 bits per heavy atom. The summed E-state index contributed by atoms with van der Waals surface area (Å²) in [6.07, 6.45) is 64.1. The van der Waals surface area contributed by atoms with Crippen LogP contribution < -0.4 is 0 Å². The summed E-state index contributed by atoms with van der Waals surface area (Å²) >= 11 is 0. The molecule has 0 aromatic rings. The summed E-state index contributed by atoms with van der Waals surface area (Å²) in [6.45, 7) is 11.9. The number of ether oxygens (including phenoxy) is 4. The highest BCUT2D eigenvalue weighted by Crippen LogP contribution is 2.45. The van der Waals surface area contributed by atoms with E-state index in [1.54, 1.807) is 0 Å². The first-order valence-corrected chi connectivity index (χ1v) is 46.3. The van der Waals surface area contributed by atoms with Crippen LogP contribution in [0.3, 0.4) is 0 Å². The monoisotopic (exact) mass is 1510 g/mol. The molecule has 0 bridgehead atoms. The molecule has 19 heteroatoms. The van der Waals surface area contributed by atoms with Crippen LogP contribution in [-0.2, 0) is 65.4 Å². The zero-order chi connectivity index (χ0) is 75.8. The van der Waals surface area contributed by atoms with E-state index >= 15 is 0 Å². The maximum Gasteiger partial charge on any atom is 0.472 e. The summed E-state index contributed by atoms with van der Waals surface area (Å²) in [5.74, 6) is 0.204. The Balaban J connectivity index is 5.21. The van der Waals surface area contributed by atoms with Crippen LogP contribution in [0.2, 0.25) is 0 Å². The molecule has 0 aromatic carbocycles. The Bertz CT molecular complexity index is 1990. The highest BCUT2D eigenvalue weighted by atomic mass is 31.2. The second kappa shape index (κ2) is 74.2. The summed E-state index contributed by atoms with van der Waals surface area (Å²) in [6, 6.07) is 0. The predicted octanol–water partition coefficient (Wildman–Crippen LogP) is 25.3. The van der Waals surface area contributed by atoms with E-state index in [1.165, 1.54) is 244 Å². The highest BCUT2D eigenvalue weighted by Gasteiger charge is 2.30. The normalized spacial score (nSPS) is 13.9. The molecule has 17 nitrogen and oxygen atoms in total. The van der Waals surface area contributed by atoms with Gasteiger partial charge in [0.15, 0.2) is 12.2 Å². The van der Waals surface area contributed by atoms with Gasteiger partial charge in [0.05, 0.1) is 26.4 Å². The van der Waals surface area contributed by atoms with Crippen LogP contribution in [0.1, 0.15) is 440 Å². The second-order valence-electron chi connectivity index (χ2n) is 31.6. The SMILES string of the molecule is CCCCCCCCCCCCCCCCC(=O)O[C@H](COC(=O)CCCCCCCCC(C)C)COP(=O)(O)OC[C@H](O)COP(=O)(O)OC[C@@H](COC(=O)CCCCCCCCCCCCCCCCCCC(C)C)OC(=O)CCCCCCCCCCCCCCCCCCCCC(C)C. The minimum atomic E-state index is -4.96. The first-order valence-electron chi connectivity index (χ1n) is 43.3. The van der Waals surface area contributed by atoms with Gasteiger partial charge in [-0.2, -0.15) is 0 Å². The van der Waals surface area contributed by atoms with Gasteiger partial charge in [0, 0.05) is 25.7 Å². The molecule has 0 aliphatic rings. The third kappa shape index (κ3) is 78.0. The predicted molar refractivity (Wildman–Crippen MR) is 423 cm³/mol. The van der Waals surface area contributed by atoms with E-state index in [0.717, 1.165) is 108 Å². The highest BCUT2D eigenvalue weighted by molar-refractivity contribution is 7.47. The van der Waals surface area contributed by atoms with Crippen molar-refractivity contribution in [3.05, 3.63) is 0 Å². The maximum absolute atomic E-state index is 13.1. The average molecular weight is 1510 g/mol. The largest absolute Gasteiger partial charge is 0.472 e. The number of carbonyl (C=O) groups is 4. The quantitative estimate of drug-likeness (QED) is 0.0222. The van der Waals surface area contributed by atoms with Crippen LogP contribution in [-0.4, -0.2) is 96.7 Å². The van der Waals surface area contributed by atoms with E-state index in [2.05, 4.69) is 48.5 Å². The fourth-order valence-electron chi connectivity index (χ4n) is 13.0. The van der Waals surface area contributed by atoms with Crippen LogP contribution in [0, 0.1) is 17.8 Å². The lowest BCUT2D eigenvalue weighted by molar-refractivity contribution is -0.161. The van der Waals surface area contributed by atoms with Gasteiger partial charge in [0.25, 0.3) is 0 Å². The molecule has 103 heavy (non-hydrogen) atoms. The lowest BCUT2D eigenvalue weighted by Crippen LogP contribution is -2.30. The van der Waals surface area contributed by atoms with Crippen molar-refractivity contribution in [1.29, 1.82) is 0 Å². The molecule has 0 saturated heterocycles. The summed E-state index contributed by atoms with van der Waals surface area (Å²) < 4.78 is 68.8. The standard InChI is InChI=1S/C84H164O17P2/c1-8-9-10-11-12-13-14-15-28-34-39-44-53-60-67-84(89)101-80(72-95-82(87)66-59-52-47-46-50-57-64-77(6)7)74-99-103(92,93)97-70-78(85)69-96-102(90,91)98-73-79(71-94-81(86)65-58-51-43-38-33-29-24-21-20-23-27-32-37-42-49-56-63-76(4)5)100-83(88)68-61-54-45-40-35-30-25-19-17-16-18-22-26-31-36-41-48-55-62-75(2)3/h75-80,85H,8-74H2,1-7H3,(H,90,91)(H,92,93)/t78-,79-,80-/m1/s1. The summed E-state index contributed by atoms with van der Waals surface area (Å²) in [7, 11) is -9.92. The molecule has 612 valence electrons. The molecule has 5 atom stereocenters. The van der Waals surface area contributed by atoms with Gasteiger partial charge in [-0.1, -0.05) is 389 Å². The Morgan fingerprint density at radius 1 is 0.262 bits per heavy atom. The van der Waals surface area contributed by atoms with Crippen LogP contribution >= 0.6 is 15.6 Å². The molecule has 0 fully saturated rings. The number of rotatable bonds is 82. The third-order valence-corrected chi connectivity index (χ3v) is 21.5. The fourth-order valence-corrected chi connectivity index (χ4v) is 14.6. The molecule has 0 heterocycles. The Labute approximate surface area is 632 Å². The van der Waals surface area contributed by atoms with Crippen molar-refractivity contribution < 1.29 is 80.2 Å². The number of aliphatic hydroxyl groups excluding tert-OH is 1. The second-order valence-corrected chi connectivity index (χ2v) is 34.6. The van der Waals surface area contributed by atoms with E-state index in [9.17, 15) is 43.2 Å². The zero-order valence-corrected chi connectivity index (χ0v) is 69.6. The Kier molecular flexibility index (Phi) is 72.8. The van der Waals surface area contributed by atoms with Gasteiger partial charge in [0.2, 0.25) is 0 Å². The van der Waals surface area contributed by atoms with Gasteiger partial charge in [-0.15, -0.1) is 0 Å². The van der Waals surface area contributed by atoms with E-state index in [4.69, 9.17) is 37.0 Å². The topological polar surface area (TPSA) is 237 Å². The Morgan fingerprint density at radius 2 is 0.447 bits per heavy atom. The van der Waals surface area contributed by atoms with Crippen LogP contribution in [0.15, 0.2) is 0 Å². The van der Waals surface area contributed by atoms with Crippen molar-refractivity contribution in [2.75, 3.05) is 39.6 Å². The van der Waals surface area contributed by atoms with Gasteiger partial charge in [-0.3, -0.25) is 37.3 Å². The van der Waals surface area contributed by atoms with Gasteiger partial charge in [0.1, 0.15) is 19.3 Å². The summed E-state index contributed by atoms with van der Waals surface area (Å²) in [5.41, 5.74) is 0. The van der Waals surface area contributed by atoms with Crippen molar-refractivity contribution >= 4 is 39.5 Å². The minimum Gasteiger partial charge on any atom is -0.462 e. The molecule has 0 radical (unpaired) electrons. The number of unbranched alkanes of at least 4 members (excludes halogenated alkanes) is 50. The number of esters is 4. The minimum absolute atomic E-state index is 0.107. The zero-order valence-electron chi connectivity index (χ0n) is 67.8. The van der Waals surface area contributed by atoms with E-state index in [1.807, 2.05) is 0 Å². The molecular weight excluding hydrogens is 1340 g/mol. The summed E-state index contributed by atoms with van der Waals surface area (Å²) in [4.78, 5) is 73.1. The van der Waals surface area contributed by atoms with Gasteiger partial charge < -0.3 is 33.8 Å². The van der Waals surface area contributed by atoms with Gasteiger partial charge in [-0.05, 0) is 43.4 Å².